The third-order valence-corrected chi connectivity index (χ3v) is 0.236. The summed E-state index contributed by atoms with van der Waals surface area (Å²) in [5, 5.41) is 0. The van der Waals surface area contributed by atoms with E-state index in [-0.39, 0.29) is 17.4 Å². The molecule has 0 saturated heterocycles. The molecule has 0 unspecified atom stereocenters. The Morgan fingerprint density at radius 2 is 1.33 bits per heavy atom. The Kier molecular flexibility index (Phi) is 215. The SMILES string of the molecule is [Al].[CH2]C.[CH2]C.[CH]=CCC. The van der Waals surface area contributed by atoms with Crippen molar-refractivity contribution in [1.82, 2.24) is 0 Å². The van der Waals surface area contributed by atoms with Crippen LogP contribution in [0.3, 0.4) is 0 Å². The van der Waals surface area contributed by atoms with E-state index < -0.39 is 0 Å². The molecule has 0 amide bonds. The van der Waals surface area contributed by atoms with E-state index in [4.69, 9.17) is 6.58 Å². The van der Waals surface area contributed by atoms with Crippen molar-refractivity contribution in [3.63, 3.8) is 0 Å². The van der Waals surface area contributed by atoms with Crippen molar-refractivity contribution in [3.05, 3.63) is 26.5 Å². The second-order valence-corrected chi connectivity index (χ2v) is 0.644. The van der Waals surface area contributed by atoms with Crippen LogP contribution in [-0.2, 0) is 0 Å². The third kappa shape index (κ3) is 201. The molecule has 0 aromatic heterocycles. The molecule has 0 saturated carbocycles. The number of hydrogen-bond donors (Lipinski definition) is 0. The molecule has 0 rings (SSSR count). The van der Waals surface area contributed by atoms with E-state index in [2.05, 4.69) is 13.8 Å². The maximum Gasteiger partial charge on any atom is 0 e. The molecule has 0 bridgehead atoms. The zero-order valence-electron chi connectivity index (χ0n) is 6.85. The first-order valence-corrected chi connectivity index (χ1v) is 2.86. The molecule has 0 heterocycles. The van der Waals surface area contributed by atoms with Crippen LogP contribution in [0.2, 0.25) is 0 Å². The van der Waals surface area contributed by atoms with E-state index in [0.717, 1.165) is 6.42 Å². The average molecular weight is 140 g/mol. The molecule has 0 fully saturated rings. The predicted octanol–water partition coefficient (Wildman–Crippen LogP) is 2.69. The van der Waals surface area contributed by atoms with Crippen LogP contribution in [0.4, 0.5) is 0 Å². The summed E-state index contributed by atoms with van der Waals surface area (Å²) < 4.78 is 0. The molecule has 1 heteroatoms. The molecule has 0 aromatic carbocycles. The monoisotopic (exact) mass is 140 g/mol. The van der Waals surface area contributed by atoms with Crippen LogP contribution in [0, 0.1) is 20.4 Å². The lowest BCUT2D eigenvalue weighted by atomic mass is 10.5. The molecular formula is C8H17Al. The summed E-state index contributed by atoms with van der Waals surface area (Å²) >= 11 is 0. The quantitative estimate of drug-likeness (QED) is 0.491. The van der Waals surface area contributed by atoms with E-state index in [9.17, 15) is 0 Å². The standard InChI is InChI=1S/C4H7.2C2H5.Al/c1-3-4-2;2*1-2;/h1,3H,4H2,2H3;2*1H2,2H3;. The number of allylic oxidation sites excluding steroid dienone is 1. The summed E-state index contributed by atoms with van der Waals surface area (Å²) in [5.74, 6) is 0. The highest BCUT2D eigenvalue weighted by Gasteiger charge is 1.45. The minimum atomic E-state index is 0. The smallest absolute Gasteiger partial charge is 0 e. The van der Waals surface area contributed by atoms with Crippen molar-refractivity contribution < 1.29 is 0 Å². The Morgan fingerprint density at radius 1 is 1.22 bits per heavy atom. The van der Waals surface area contributed by atoms with Crippen molar-refractivity contribution in [3.8, 4) is 0 Å². The van der Waals surface area contributed by atoms with Gasteiger partial charge in [0.15, 0.2) is 0 Å². The van der Waals surface area contributed by atoms with Gasteiger partial charge in [0.05, 0.1) is 0 Å². The highest BCUT2D eigenvalue weighted by Crippen LogP contribution is 1.65. The Morgan fingerprint density at radius 3 is 1.33 bits per heavy atom. The highest BCUT2D eigenvalue weighted by molar-refractivity contribution is 5.75. The average Bonchev–Trinajstić information content (AvgIpc) is 1.96. The van der Waals surface area contributed by atoms with Gasteiger partial charge in [-0.25, -0.2) is 0 Å². The van der Waals surface area contributed by atoms with Crippen molar-refractivity contribution in [2.75, 3.05) is 0 Å². The molecule has 0 aliphatic carbocycles. The van der Waals surface area contributed by atoms with Crippen LogP contribution < -0.4 is 0 Å². The molecule has 0 atom stereocenters. The summed E-state index contributed by atoms with van der Waals surface area (Å²) in [7, 11) is 0. The van der Waals surface area contributed by atoms with Crippen LogP contribution in [0.5, 0.6) is 0 Å². The van der Waals surface area contributed by atoms with Crippen LogP contribution in [0.25, 0.3) is 0 Å². The molecular weight excluding hydrogens is 123 g/mol. The Labute approximate surface area is 71.5 Å². The van der Waals surface area contributed by atoms with E-state index in [1.54, 1.807) is 19.9 Å². The fraction of sp³-hybridized carbons (Fsp3) is 0.500. The van der Waals surface area contributed by atoms with Crippen LogP contribution in [0.15, 0.2) is 6.08 Å². The molecule has 0 aliphatic heterocycles. The van der Waals surface area contributed by atoms with Gasteiger partial charge in [0.1, 0.15) is 0 Å². The van der Waals surface area contributed by atoms with Crippen molar-refractivity contribution in [2.45, 2.75) is 27.2 Å². The van der Waals surface area contributed by atoms with Gasteiger partial charge >= 0.3 is 0 Å². The van der Waals surface area contributed by atoms with E-state index in [1.807, 2.05) is 6.92 Å². The fourth-order valence-electron chi connectivity index (χ4n) is 0. The Balaban J connectivity index is -0.0000000221. The van der Waals surface area contributed by atoms with Gasteiger partial charge < -0.3 is 0 Å². The lowest BCUT2D eigenvalue weighted by Gasteiger charge is -1.57. The summed E-state index contributed by atoms with van der Waals surface area (Å²) in [6.45, 7) is 16.9. The van der Waals surface area contributed by atoms with Crippen molar-refractivity contribution >= 4 is 17.4 Å². The van der Waals surface area contributed by atoms with Gasteiger partial charge in [-0.3, -0.25) is 0 Å². The predicted molar refractivity (Wildman–Crippen MR) is 47.0 cm³/mol. The largest absolute Gasteiger partial charge is 0.0848 e. The Bertz CT molecular complexity index is 18.5. The van der Waals surface area contributed by atoms with Crippen molar-refractivity contribution in [2.24, 2.45) is 0 Å². The number of hydrogen-bond acceptors (Lipinski definition) is 0. The molecule has 6 radical (unpaired) electrons. The first-order valence-electron chi connectivity index (χ1n) is 2.86. The summed E-state index contributed by atoms with van der Waals surface area (Å²) in [4.78, 5) is 0. The molecule has 0 spiro atoms. The van der Waals surface area contributed by atoms with Crippen LogP contribution in [0.1, 0.15) is 27.2 Å². The zero-order valence-corrected chi connectivity index (χ0v) is 8.01. The van der Waals surface area contributed by atoms with E-state index in [0.29, 0.717) is 0 Å². The lowest BCUT2D eigenvalue weighted by molar-refractivity contribution is 1.23. The third-order valence-electron chi connectivity index (χ3n) is 0.236. The molecule has 0 aliphatic rings. The number of rotatable bonds is 1. The van der Waals surface area contributed by atoms with Crippen molar-refractivity contribution in [1.29, 1.82) is 0 Å². The first-order chi connectivity index (χ1) is 3.91. The van der Waals surface area contributed by atoms with Gasteiger partial charge in [0.25, 0.3) is 0 Å². The second-order valence-electron chi connectivity index (χ2n) is 0.644. The van der Waals surface area contributed by atoms with Gasteiger partial charge in [-0.2, -0.15) is 0 Å². The van der Waals surface area contributed by atoms with E-state index >= 15 is 0 Å². The summed E-state index contributed by atoms with van der Waals surface area (Å²) in [6.07, 6.45) is 2.60. The van der Waals surface area contributed by atoms with Gasteiger partial charge in [-0.05, 0) is 6.42 Å². The molecule has 0 aromatic rings. The molecule has 52 valence electrons. The minimum absolute atomic E-state index is 0. The summed E-state index contributed by atoms with van der Waals surface area (Å²) in [6, 6.07) is 0. The maximum atomic E-state index is 4.90. The lowest BCUT2D eigenvalue weighted by Crippen LogP contribution is -1.37. The van der Waals surface area contributed by atoms with Gasteiger partial charge in [0.2, 0.25) is 0 Å². The second kappa shape index (κ2) is 84.7. The topological polar surface area (TPSA) is 0 Å². The van der Waals surface area contributed by atoms with Crippen LogP contribution in [-0.4, -0.2) is 17.4 Å². The minimum Gasteiger partial charge on any atom is -0.0848 e. The van der Waals surface area contributed by atoms with Gasteiger partial charge in [-0.1, -0.05) is 47.3 Å². The van der Waals surface area contributed by atoms with Crippen LogP contribution >= 0.6 is 0 Å². The molecule has 0 nitrogen and oxygen atoms in total. The van der Waals surface area contributed by atoms with Gasteiger partial charge in [-0.15, -0.1) is 0 Å². The normalized spacial score (nSPS) is 4.11. The highest BCUT2D eigenvalue weighted by atomic mass is 27.0. The molecule has 9 heavy (non-hydrogen) atoms. The van der Waals surface area contributed by atoms with Gasteiger partial charge in [0, 0.05) is 17.4 Å². The Hall–Kier alpha value is 0.272. The summed E-state index contributed by atoms with van der Waals surface area (Å²) in [5.41, 5.74) is 0. The maximum absolute atomic E-state index is 4.90. The first kappa shape index (κ1) is 22.8. The fourth-order valence-corrected chi connectivity index (χ4v) is 0. The van der Waals surface area contributed by atoms with E-state index in [1.165, 1.54) is 0 Å². The molecule has 0 N–H and O–H groups in total. The zero-order chi connectivity index (χ0) is 7.41.